The summed E-state index contributed by atoms with van der Waals surface area (Å²) in [5.74, 6) is -0.435. The third-order valence-corrected chi connectivity index (χ3v) is 3.53. The van der Waals surface area contributed by atoms with E-state index in [4.69, 9.17) is 10.5 Å². The van der Waals surface area contributed by atoms with E-state index in [9.17, 15) is 10.1 Å². The maximum Gasteiger partial charge on any atom is 0.242 e. The summed E-state index contributed by atoms with van der Waals surface area (Å²) in [6.45, 7) is 4.96. The Morgan fingerprint density at radius 2 is 2.43 bits per heavy atom. The van der Waals surface area contributed by atoms with Crippen LogP contribution in [0.1, 0.15) is 18.1 Å². The van der Waals surface area contributed by atoms with Crippen molar-refractivity contribution in [3.63, 3.8) is 0 Å². The number of carbonyl (C=O) groups is 1. The average Bonchev–Trinajstić information content (AvgIpc) is 2.52. The normalized spacial score (nSPS) is 18.3. The van der Waals surface area contributed by atoms with Gasteiger partial charge < -0.3 is 20.7 Å². The Bertz CT molecular complexity index is 553. The maximum atomic E-state index is 11.6. The Kier molecular flexibility index (Phi) is 5.14. The summed E-state index contributed by atoms with van der Waals surface area (Å²) < 4.78 is 5.31. The molecular formula is C15H20N4O2. The number of nitrogens with two attached hydrogens (primary N) is 1. The number of rotatable bonds is 5. The van der Waals surface area contributed by atoms with Gasteiger partial charge in [-0.3, -0.25) is 4.79 Å². The molecule has 1 saturated heterocycles. The standard InChI is InChI=1S/C15H20N4O2/c1-2-18-9-11-3-4-13(12(7-11)8-16)19-5-6-21-10-14(19)15(17)20/h3-4,7,14,18H,2,5-6,9-10H2,1H3,(H2,17,20). The van der Waals surface area contributed by atoms with Crippen LogP contribution in [0.4, 0.5) is 5.69 Å². The second kappa shape index (κ2) is 7.07. The Balaban J connectivity index is 2.29. The number of anilines is 1. The first-order valence-electron chi connectivity index (χ1n) is 7.04. The fourth-order valence-corrected chi connectivity index (χ4v) is 2.43. The van der Waals surface area contributed by atoms with Gasteiger partial charge in [0.2, 0.25) is 5.91 Å². The lowest BCUT2D eigenvalue weighted by molar-refractivity contribution is -0.121. The van der Waals surface area contributed by atoms with Gasteiger partial charge in [0.1, 0.15) is 12.1 Å². The smallest absolute Gasteiger partial charge is 0.242 e. The number of nitrogens with one attached hydrogen (secondary N) is 1. The summed E-state index contributed by atoms with van der Waals surface area (Å²) >= 11 is 0. The summed E-state index contributed by atoms with van der Waals surface area (Å²) in [6.07, 6.45) is 0. The molecule has 3 N–H and O–H groups in total. The number of hydrogen-bond acceptors (Lipinski definition) is 5. The lowest BCUT2D eigenvalue weighted by Crippen LogP contribution is -2.52. The first-order valence-corrected chi connectivity index (χ1v) is 7.04. The second-order valence-electron chi connectivity index (χ2n) is 4.93. The number of carbonyl (C=O) groups excluding carboxylic acids is 1. The van der Waals surface area contributed by atoms with Crippen LogP contribution in [0, 0.1) is 11.3 Å². The predicted molar refractivity (Wildman–Crippen MR) is 79.7 cm³/mol. The Morgan fingerprint density at radius 3 is 3.10 bits per heavy atom. The van der Waals surface area contributed by atoms with E-state index in [1.165, 1.54) is 0 Å². The van der Waals surface area contributed by atoms with Crippen LogP contribution in [-0.2, 0) is 16.1 Å². The fourth-order valence-electron chi connectivity index (χ4n) is 2.43. The highest BCUT2D eigenvalue weighted by Gasteiger charge is 2.29. The molecule has 2 rings (SSSR count). The molecule has 1 aromatic rings. The van der Waals surface area contributed by atoms with E-state index >= 15 is 0 Å². The minimum absolute atomic E-state index is 0.263. The maximum absolute atomic E-state index is 11.6. The van der Waals surface area contributed by atoms with Crippen molar-refractivity contribution in [1.82, 2.24) is 5.32 Å². The van der Waals surface area contributed by atoms with Crippen molar-refractivity contribution in [3.8, 4) is 6.07 Å². The first-order chi connectivity index (χ1) is 10.2. The fraction of sp³-hybridized carbons (Fsp3) is 0.467. The van der Waals surface area contributed by atoms with Gasteiger partial charge in [0.05, 0.1) is 24.5 Å². The molecule has 0 aromatic heterocycles. The van der Waals surface area contributed by atoms with Crippen LogP contribution in [0.3, 0.4) is 0 Å². The molecule has 21 heavy (non-hydrogen) atoms. The van der Waals surface area contributed by atoms with E-state index in [1.807, 2.05) is 30.0 Å². The summed E-state index contributed by atoms with van der Waals surface area (Å²) in [5.41, 5.74) is 7.77. The van der Waals surface area contributed by atoms with E-state index in [-0.39, 0.29) is 6.61 Å². The van der Waals surface area contributed by atoms with E-state index in [0.29, 0.717) is 25.3 Å². The van der Waals surface area contributed by atoms with Crippen LogP contribution in [0.2, 0.25) is 0 Å². The molecule has 0 radical (unpaired) electrons. The molecule has 1 heterocycles. The van der Waals surface area contributed by atoms with Gasteiger partial charge in [-0.25, -0.2) is 0 Å². The van der Waals surface area contributed by atoms with Crippen LogP contribution in [0.25, 0.3) is 0 Å². The van der Waals surface area contributed by atoms with Crippen LogP contribution < -0.4 is 16.0 Å². The van der Waals surface area contributed by atoms with Gasteiger partial charge in [-0.05, 0) is 24.2 Å². The van der Waals surface area contributed by atoms with Gasteiger partial charge >= 0.3 is 0 Å². The quantitative estimate of drug-likeness (QED) is 0.816. The zero-order valence-corrected chi connectivity index (χ0v) is 12.1. The molecule has 112 valence electrons. The zero-order chi connectivity index (χ0) is 15.2. The molecule has 1 fully saturated rings. The Labute approximate surface area is 124 Å². The van der Waals surface area contributed by atoms with Gasteiger partial charge in [-0.1, -0.05) is 13.0 Å². The van der Waals surface area contributed by atoms with Gasteiger partial charge in [-0.15, -0.1) is 0 Å². The van der Waals surface area contributed by atoms with E-state index in [1.54, 1.807) is 0 Å². The molecule has 1 unspecified atom stereocenters. The molecule has 0 saturated carbocycles. The zero-order valence-electron chi connectivity index (χ0n) is 12.1. The number of amides is 1. The number of primary amides is 1. The molecule has 1 atom stereocenters. The SMILES string of the molecule is CCNCc1ccc(N2CCOCC2C(N)=O)c(C#N)c1. The predicted octanol–water partition coefficient (Wildman–Crippen LogP) is 0.358. The van der Waals surface area contributed by atoms with Crippen LogP contribution in [-0.4, -0.2) is 38.3 Å². The molecular weight excluding hydrogens is 268 g/mol. The first kappa shape index (κ1) is 15.3. The summed E-state index contributed by atoms with van der Waals surface area (Å²) in [5, 5.41) is 12.6. The average molecular weight is 288 g/mol. The number of nitrogens with zero attached hydrogens (tertiary/aromatic N) is 2. The third-order valence-electron chi connectivity index (χ3n) is 3.53. The Hall–Kier alpha value is -2.10. The summed E-state index contributed by atoms with van der Waals surface area (Å²) in [7, 11) is 0. The monoisotopic (exact) mass is 288 g/mol. The molecule has 1 aromatic carbocycles. The van der Waals surface area contributed by atoms with E-state index < -0.39 is 11.9 Å². The van der Waals surface area contributed by atoms with Crippen molar-refractivity contribution in [3.05, 3.63) is 29.3 Å². The van der Waals surface area contributed by atoms with Crippen molar-refractivity contribution in [2.45, 2.75) is 19.5 Å². The lowest BCUT2D eigenvalue weighted by atomic mass is 10.1. The largest absolute Gasteiger partial charge is 0.377 e. The van der Waals surface area contributed by atoms with Crippen molar-refractivity contribution in [1.29, 1.82) is 5.26 Å². The molecule has 1 aliphatic heterocycles. The van der Waals surface area contributed by atoms with Crippen molar-refractivity contribution >= 4 is 11.6 Å². The molecule has 1 aliphatic rings. The van der Waals surface area contributed by atoms with Crippen LogP contribution in [0.5, 0.6) is 0 Å². The number of morpholine rings is 1. The highest BCUT2D eigenvalue weighted by Crippen LogP contribution is 2.25. The van der Waals surface area contributed by atoms with Crippen LogP contribution >= 0.6 is 0 Å². The van der Waals surface area contributed by atoms with Crippen LogP contribution in [0.15, 0.2) is 18.2 Å². The lowest BCUT2D eigenvalue weighted by Gasteiger charge is -2.35. The van der Waals surface area contributed by atoms with E-state index in [0.717, 1.165) is 17.8 Å². The van der Waals surface area contributed by atoms with Gasteiger partial charge in [-0.2, -0.15) is 5.26 Å². The van der Waals surface area contributed by atoms with Crippen molar-refractivity contribution < 1.29 is 9.53 Å². The highest BCUT2D eigenvalue weighted by atomic mass is 16.5. The molecule has 0 spiro atoms. The second-order valence-corrected chi connectivity index (χ2v) is 4.93. The van der Waals surface area contributed by atoms with Gasteiger partial charge in [0.15, 0.2) is 0 Å². The van der Waals surface area contributed by atoms with Gasteiger partial charge in [0.25, 0.3) is 0 Å². The number of benzene rings is 1. The topological polar surface area (TPSA) is 91.4 Å². The minimum Gasteiger partial charge on any atom is -0.377 e. The number of nitriles is 1. The van der Waals surface area contributed by atoms with E-state index in [2.05, 4.69) is 11.4 Å². The summed E-state index contributed by atoms with van der Waals surface area (Å²) in [4.78, 5) is 13.4. The van der Waals surface area contributed by atoms with Crippen molar-refractivity contribution in [2.24, 2.45) is 5.73 Å². The highest BCUT2D eigenvalue weighted by molar-refractivity contribution is 5.84. The molecule has 6 nitrogen and oxygen atoms in total. The molecule has 6 heteroatoms. The molecule has 0 bridgehead atoms. The number of ether oxygens (including phenoxy) is 1. The Morgan fingerprint density at radius 1 is 1.62 bits per heavy atom. The van der Waals surface area contributed by atoms with Crippen molar-refractivity contribution in [2.75, 3.05) is 31.2 Å². The molecule has 1 amide bonds. The van der Waals surface area contributed by atoms with Gasteiger partial charge in [0, 0.05) is 13.1 Å². The number of hydrogen-bond donors (Lipinski definition) is 2. The molecule has 0 aliphatic carbocycles. The summed E-state index contributed by atoms with van der Waals surface area (Å²) in [6, 6.07) is 7.38. The third kappa shape index (κ3) is 3.51. The minimum atomic E-state index is -0.523.